The highest BCUT2D eigenvalue weighted by Crippen LogP contribution is 2.48. The Morgan fingerprint density at radius 2 is 1.80 bits per heavy atom. The molecule has 1 aliphatic heterocycles. The van der Waals surface area contributed by atoms with Gasteiger partial charge in [0.25, 0.3) is 5.91 Å². The number of amides is 1. The molecule has 0 saturated carbocycles. The lowest BCUT2D eigenvalue weighted by Crippen LogP contribution is -2.30. The zero-order valence-electron chi connectivity index (χ0n) is 18.4. The van der Waals surface area contributed by atoms with Gasteiger partial charge in [0.15, 0.2) is 0 Å². The molecule has 2 aromatic rings. The fourth-order valence-corrected chi connectivity index (χ4v) is 5.25. The molecule has 0 aromatic heterocycles. The first-order chi connectivity index (χ1) is 14.5. The summed E-state index contributed by atoms with van der Waals surface area (Å²) >= 11 is 0. The maximum Gasteiger partial charge on any atom is 0.256 e. The molecule has 1 heterocycles. The second-order valence-electron chi connectivity index (χ2n) is 9.11. The number of hydrogen-bond donors (Lipinski definition) is 0. The fraction of sp³-hybridized carbons (Fsp3) is 0.500. The van der Waals surface area contributed by atoms with Gasteiger partial charge in [-0.15, -0.1) is 0 Å². The van der Waals surface area contributed by atoms with Gasteiger partial charge in [-0.05, 0) is 78.8 Å². The molecular formula is C26H33FN2O. The van der Waals surface area contributed by atoms with Crippen molar-refractivity contribution in [3.63, 3.8) is 0 Å². The minimum Gasteiger partial charge on any atom is -0.372 e. The van der Waals surface area contributed by atoms with Crippen LogP contribution in [0.2, 0.25) is 0 Å². The van der Waals surface area contributed by atoms with Crippen LogP contribution in [0.3, 0.4) is 0 Å². The van der Waals surface area contributed by atoms with Gasteiger partial charge in [0.2, 0.25) is 0 Å². The first-order valence-electron chi connectivity index (χ1n) is 11.4. The van der Waals surface area contributed by atoms with Crippen molar-refractivity contribution in [2.45, 2.75) is 51.4 Å². The largest absolute Gasteiger partial charge is 0.372 e. The van der Waals surface area contributed by atoms with Crippen molar-refractivity contribution in [1.82, 2.24) is 4.90 Å². The summed E-state index contributed by atoms with van der Waals surface area (Å²) in [5.41, 5.74) is 4.42. The van der Waals surface area contributed by atoms with Gasteiger partial charge in [-0.2, -0.15) is 0 Å². The van der Waals surface area contributed by atoms with Crippen LogP contribution in [-0.4, -0.2) is 37.5 Å². The summed E-state index contributed by atoms with van der Waals surface area (Å²) in [6, 6.07) is 13.3. The Balaban J connectivity index is 1.46. The zero-order valence-corrected chi connectivity index (χ0v) is 18.4. The minimum atomic E-state index is -0.451. The lowest BCUT2D eigenvalue weighted by Gasteiger charge is -2.29. The lowest BCUT2D eigenvalue weighted by atomic mass is 9.87. The summed E-state index contributed by atoms with van der Waals surface area (Å²) in [6.45, 7) is 7.61. The molecule has 4 heteroatoms. The summed E-state index contributed by atoms with van der Waals surface area (Å²) in [6.07, 6.45) is 4.82. The molecule has 4 rings (SSSR count). The molecule has 2 unspecified atom stereocenters. The Morgan fingerprint density at radius 3 is 2.53 bits per heavy atom. The van der Waals surface area contributed by atoms with Crippen molar-refractivity contribution < 1.29 is 9.18 Å². The van der Waals surface area contributed by atoms with Crippen molar-refractivity contribution in [3.05, 3.63) is 65.0 Å². The van der Waals surface area contributed by atoms with E-state index in [1.54, 1.807) is 30.1 Å². The number of carbonyl (C=O) groups is 1. The highest BCUT2D eigenvalue weighted by Gasteiger charge is 2.35. The first-order valence-corrected chi connectivity index (χ1v) is 11.4. The highest BCUT2D eigenvalue weighted by atomic mass is 19.1. The standard InChI is InChI=1S/C26H33FN2O/c1-18-19(2)24-17-20(29-14-7-4-8-15-29)11-12-22(24)21(18)13-16-28(3)26(30)23-9-5-6-10-25(23)27/h5-6,9-12,17-19,21H,4,7-8,13-16H2,1-3H3/t18-,19?,21?/m1/s1. The van der Waals surface area contributed by atoms with E-state index in [1.807, 2.05) is 0 Å². The molecule has 0 spiro atoms. The maximum atomic E-state index is 14.0. The van der Waals surface area contributed by atoms with Crippen LogP contribution >= 0.6 is 0 Å². The summed E-state index contributed by atoms with van der Waals surface area (Å²) in [4.78, 5) is 16.8. The molecule has 1 amide bonds. The number of benzene rings is 2. The average molecular weight is 409 g/mol. The van der Waals surface area contributed by atoms with Crippen LogP contribution in [-0.2, 0) is 0 Å². The van der Waals surface area contributed by atoms with E-state index in [0.29, 0.717) is 24.3 Å². The molecular weight excluding hydrogens is 375 g/mol. The molecule has 0 radical (unpaired) electrons. The van der Waals surface area contributed by atoms with Crippen LogP contribution in [0.5, 0.6) is 0 Å². The van der Waals surface area contributed by atoms with Crippen molar-refractivity contribution in [3.8, 4) is 0 Å². The Hall–Kier alpha value is -2.36. The number of halogens is 1. The highest BCUT2D eigenvalue weighted by molar-refractivity contribution is 5.94. The SMILES string of the molecule is CC1c2cc(N3CCCCC3)ccc2C(CCN(C)C(=O)c2ccccc2F)[C@@H]1C. The number of hydrogen-bond acceptors (Lipinski definition) is 2. The summed E-state index contributed by atoms with van der Waals surface area (Å²) in [5.74, 6) is 0.789. The second-order valence-corrected chi connectivity index (χ2v) is 9.11. The Labute approximate surface area is 179 Å². The third kappa shape index (κ3) is 3.97. The van der Waals surface area contributed by atoms with Crippen molar-refractivity contribution in [2.75, 3.05) is 31.6 Å². The molecule has 1 fully saturated rings. The smallest absolute Gasteiger partial charge is 0.256 e. The number of carbonyl (C=O) groups excluding carboxylic acids is 1. The third-order valence-corrected chi connectivity index (χ3v) is 7.33. The lowest BCUT2D eigenvalue weighted by molar-refractivity contribution is 0.0784. The van der Waals surface area contributed by atoms with Gasteiger partial charge in [0.1, 0.15) is 5.82 Å². The summed E-state index contributed by atoms with van der Waals surface area (Å²) in [5, 5.41) is 0. The molecule has 1 saturated heterocycles. The van der Waals surface area contributed by atoms with E-state index in [-0.39, 0.29) is 11.5 Å². The zero-order chi connectivity index (χ0) is 21.3. The van der Waals surface area contributed by atoms with Crippen LogP contribution in [0.25, 0.3) is 0 Å². The molecule has 2 aliphatic rings. The fourth-order valence-electron chi connectivity index (χ4n) is 5.25. The van der Waals surface area contributed by atoms with E-state index in [0.717, 1.165) is 19.5 Å². The van der Waals surface area contributed by atoms with E-state index in [4.69, 9.17) is 0 Å². The van der Waals surface area contributed by atoms with Crippen LogP contribution in [0, 0.1) is 11.7 Å². The van der Waals surface area contributed by atoms with Gasteiger partial charge in [0.05, 0.1) is 5.56 Å². The molecule has 1 aliphatic carbocycles. The van der Waals surface area contributed by atoms with E-state index >= 15 is 0 Å². The minimum absolute atomic E-state index is 0.152. The van der Waals surface area contributed by atoms with E-state index in [2.05, 4.69) is 36.9 Å². The van der Waals surface area contributed by atoms with Gasteiger partial charge < -0.3 is 9.80 Å². The van der Waals surface area contributed by atoms with Crippen LogP contribution in [0.4, 0.5) is 10.1 Å². The van der Waals surface area contributed by atoms with E-state index in [1.165, 1.54) is 42.1 Å². The Morgan fingerprint density at radius 1 is 1.07 bits per heavy atom. The predicted molar refractivity (Wildman–Crippen MR) is 121 cm³/mol. The second kappa shape index (κ2) is 8.79. The molecule has 30 heavy (non-hydrogen) atoms. The van der Waals surface area contributed by atoms with Crippen molar-refractivity contribution in [1.29, 1.82) is 0 Å². The third-order valence-electron chi connectivity index (χ3n) is 7.33. The number of anilines is 1. The predicted octanol–water partition coefficient (Wildman–Crippen LogP) is 5.82. The summed E-state index contributed by atoms with van der Waals surface area (Å²) in [7, 11) is 1.78. The molecule has 0 bridgehead atoms. The number of rotatable bonds is 5. The normalized spacial score (nSPS) is 23.3. The Kier molecular flexibility index (Phi) is 6.12. The molecule has 3 atom stereocenters. The maximum absolute atomic E-state index is 14.0. The number of nitrogens with zero attached hydrogens (tertiary/aromatic N) is 2. The van der Waals surface area contributed by atoms with Gasteiger partial charge in [-0.1, -0.05) is 32.0 Å². The average Bonchev–Trinajstić information content (AvgIpc) is 3.02. The molecule has 2 aromatic carbocycles. The molecule has 160 valence electrons. The first kappa shape index (κ1) is 20.9. The van der Waals surface area contributed by atoms with E-state index < -0.39 is 5.82 Å². The van der Waals surface area contributed by atoms with Crippen molar-refractivity contribution >= 4 is 11.6 Å². The van der Waals surface area contributed by atoms with E-state index in [9.17, 15) is 9.18 Å². The monoisotopic (exact) mass is 408 g/mol. The van der Waals surface area contributed by atoms with Gasteiger partial charge >= 0.3 is 0 Å². The number of fused-ring (bicyclic) bond motifs is 1. The number of piperidine rings is 1. The quantitative estimate of drug-likeness (QED) is 0.623. The molecule has 3 nitrogen and oxygen atoms in total. The topological polar surface area (TPSA) is 23.6 Å². The van der Waals surface area contributed by atoms with Crippen LogP contribution in [0.1, 0.15) is 72.9 Å². The molecule has 0 N–H and O–H groups in total. The van der Waals surface area contributed by atoms with Gasteiger partial charge in [-0.25, -0.2) is 4.39 Å². The Bertz CT molecular complexity index is 906. The van der Waals surface area contributed by atoms with Crippen LogP contribution < -0.4 is 4.90 Å². The van der Waals surface area contributed by atoms with Gasteiger partial charge in [-0.3, -0.25) is 4.79 Å². The van der Waals surface area contributed by atoms with Gasteiger partial charge in [0, 0.05) is 32.4 Å². The van der Waals surface area contributed by atoms with Crippen LogP contribution in [0.15, 0.2) is 42.5 Å². The summed E-state index contributed by atoms with van der Waals surface area (Å²) < 4.78 is 14.0. The van der Waals surface area contributed by atoms with Crippen molar-refractivity contribution in [2.24, 2.45) is 5.92 Å².